The number of carbonyl (C=O) groups is 1. The van der Waals surface area contributed by atoms with Gasteiger partial charge in [0.25, 0.3) is 10.0 Å². The van der Waals surface area contributed by atoms with Crippen LogP contribution in [0.4, 0.5) is 0 Å². The van der Waals surface area contributed by atoms with E-state index in [0.717, 1.165) is 16.5 Å². The molecule has 1 aromatic heterocycles. The third kappa shape index (κ3) is 3.29. The lowest BCUT2D eigenvalue weighted by molar-refractivity contribution is 0.0918. The number of carbonyl (C=O) groups excluding carboxylic acids is 1. The summed E-state index contributed by atoms with van der Waals surface area (Å²) < 4.78 is 30.2. The van der Waals surface area contributed by atoms with Crippen LogP contribution in [-0.4, -0.2) is 14.3 Å². The molecule has 3 rings (SSSR count). The summed E-state index contributed by atoms with van der Waals surface area (Å²) >= 11 is 0. The number of para-hydroxylation sites is 1. The molecule has 0 aliphatic rings. The van der Waals surface area contributed by atoms with Crippen LogP contribution in [0.3, 0.4) is 0 Å². The number of nitrogens with one attached hydrogen (secondary N) is 2. The number of benzene rings is 2. The van der Waals surface area contributed by atoms with Crippen molar-refractivity contribution in [2.24, 2.45) is 0 Å². The van der Waals surface area contributed by atoms with Crippen LogP contribution in [0.5, 0.6) is 0 Å². The molecule has 3 aromatic rings. The number of aryl methyl sites for hydroxylation is 3. The maximum Gasteiger partial charge on any atom is 0.302 e. The number of sulfonamides is 1. The van der Waals surface area contributed by atoms with Gasteiger partial charge in [0.1, 0.15) is 5.58 Å². The Morgan fingerprint density at radius 2 is 1.72 bits per heavy atom. The molecule has 2 N–H and O–H groups in total. The first-order valence-corrected chi connectivity index (χ1v) is 9.15. The molecule has 1 heterocycles. The fourth-order valence-corrected chi connectivity index (χ4v) is 3.43. The number of fused-ring (bicyclic) bond motifs is 1. The van der Waals surface area contributed by atoms with Crippen molar-refractivity contribution in [2.45, 2.75) is 25.7 Å². The predicted octanol–water partition coefficient (Wildman–Crippen LogP) is 2.98. The highest BCUT2D eigenvalue weighted by Crippen LogP contribution is 2.24. The summed E-state index contributed by atoms with van der Waals surface area (Å²) in [5.41, 5.74) is 5.26. The Balaban J connectivity index is 1.81. The minimum Gasteiger partial charge on any atom is -0.451 e. The molecule has 6 nitrogen and oxygen atoms in total. The molecule has 130 valence electrons. The molecule has 25 heavy (non-hydrogen) atoms. The van der Waals surface area contributed by atoms with Crippen molar-refractivity contribution in [2.75, 3.05) is 0 Å². The van der Waals surface area contributed by atoms with Gasteiger partial charge in [0.15, 0.2) is 5.76 Å². The van der Waals surface area contributed by atoms with Gasteiger partial charge in [-0.25, -0.2) is 8.42 Å². The van der Waals surface area contributed by atoms with Gasteiger partial charge >= 0.3 is 5.91 Å². The van der Waals surface area contributed by atoms with Crippen LogP contribution in [0, 0.1) is 20.8 Å². The van der Waals surface area contributed by atoms with Gasteiger partial charge in [-0.2, -0.15) is 0 Å². The molecule has 0 bridgehead atoms. The van der Waals surface area contributed by atoms with Crippen LogP contribution in [-0.2, 0) is 10.0 Å². The minimum absolute atomic E-state index is 0.0731. The summed E-state index contributed by atoms with van der Waals surface area (Å²) in [7, 11) is -3.87. The van der Waals surface area contributed by atoms with E-state index in [9.17, 15) is 13.2 Å². The highest BCUT2D eigenvalue weighted by atomic mass is 32.2. The van der Waals surface area contributed by atoms with E-state index in [1.54, 1.807) is 31.2 Å². The molecule has 0 atom stereocenters. The molecule has 2 aromatic carbocycles. The molecule has 0 aliphatic heterocycles. The van der Waals surface area contributed by atoms with E-state index in [0.29, 0.717) is 11.1 Å². The number of hydrogen-bond donors (Lipinski definition) is 2. The second-order valence-corrected chi connectivity index (χ2v) is 7.54. The third-order valence-electron chi connectivity index (χ3n) is 4.14. The first-order valence-electron chi connectivity index (χ1n) is 7.67. The zero-order valence-corrected chi connectivity index (χ0v) is 14.9. The fourth-order valence-electron chi connectivity index (χ4n) is 2.50. The summed E-state index contributed by atoms with van der Waals surface area (Å²) in [4.78, 5) is 14.5. The molecule has 0 radical (unpaired) electrons. The maximum atomic E-state index is 12.3. The largest absolute Gasteiger partial charge is 0.451 e. The lowest BCUT2D eigenvalue weighted by Crippen LogP contribution is -2.41. The Hall–Kier alpha value is -2.64. The number of amides is 1. The van der Waals surface area contributed by atoms with Crippen LogP contribution in [0.25, 0.3) is 11.0 Å². The molecule has 0 unspecified atom stereocenters. The van der Waals surface area contributed by atoms with Crippen molar-refractivity contribution < 1.29 is 17.6 Å². The van der Waals surface area contributed by atoms with E-state index >= 15 is 0 Å². The Morgan fingerprint density at radius 3 is 2.40 bits per heavy atom. The van der Waals surface area contributed by atoms with E-state index in [1.807, 2.05) is 26.0 Å². The van der Waals surface area contributed by atoms with Crippen LogP contribution in [0.15, 0.2) is 51.8 Å². The topological polar surface area (TPSA) is 88.4 Å². The normalized spacial score (nSPS) is 11.6. The fraction of sp³-hybridized carbons (Fsp3) is 0.167. The highest BCUT2D eigenvalue weighted by molar-refractivity contribution is 7.89. The Morgan fingerprint density at radius 1 is 1.00 bits per heavy atom. The molecular formula is C18H18N2O4S. The molecule has 0 aliphatic carbocycles. The summed E-state index contributed by atoms with van der Waals surface area (Å²) in [6, 6.07) is 12.0. The molecule has 0 fully saturated rings. The van der Waals surface area contributed by atoms with E-state index < -0.39 is 15.9 Å². The van der Waals surface area contributed by atoms with Crippen LogP contribution >= 0.6 is 0 Å². The average Bonchev–Trinajstić information content (AvgIpc) is 2.92. The Kier molecular flexibility index (Phi) is 4.36. The van der Waals surface area contributed by atoms with Crippen LogP contribution in [0.2, 0.25) is 0 Å². The van der Waals surface area contributed by atoms with Gasteiger partial charge in [-0.15, -0.1) is 4.83 Å². The molecule has 0 spiro atoms. The highest BCUT2D eigenvalue weighted by Gasteiger charge is 2.20. The van der Waals surface area contributed by atoms with Gasteiger partial charge in [-0.05, 0) is 50.1 Å². The van der Waals surface area contributed by atoms with E-state index in [2.05, 4.69) is 10.3 Å². The summed E-state index contributed by atoms with van der Waals surface area (Å²) in [6.07, 6.45) is 0. The zero-order chi connectivity index (χ0) is 18.2. The van der Waals surface area contributed by atoms with Crippen molar-refractivity contribution >= 4 is 26.9 Å². The number of hydrazine groups is 1. The van der Waals surface area contributed by atoms with Gasteiger partial charge in [-0.1, -0.05) is 24.3 Å². The second kappa shape index (κ2) is 6.34. The molecule has 0 saturated carbocycles. The van der Waals surface area contributed by atoms with Gasteiger partial charge < -0.3 is 4.42 Å². The minimum atomic E-state index is -3.87. The summed E-state index contributed by atoms with van der Waals surface area (Å²) in [5, 5.41) is 0.810. The van der Waals surface area contributed by atoms with Crippen molar-refractivity contribution in [3.05, 3.63) is 64.9 Å². The van der Waals surface area contributed by atoms with Crippen molar-refractivity contribution in [1.29, 1.82) is 0 Å². The molecule has 1 amide bonds. The Labute approximate surface area is 145 Å². The van der Waals surface area contributed by atoms with E-state index in [-0.39, 0.29) is 10.7 Å². The lowest BCUT2D eigenvalue weighted by atomic mass is 10.1. The van der Waals surface area contributed by atoms with Crippen LogP contribution in [0.1, 0.15) is 27.2 Å². The van der Waals surface area contributed by atoms with Crippen LogP contribution < -0.4 is 10.3 Å². The smallest absolute Gasteiger partial charge is 0.302 e. The number of rotatable bonds is 4. The van der Waals surface area contributed by atoms with E-state index in [4.69, 9.17) is 4.42 Å². The number of hydrogen-bond acceptors (Lipinski definition) is 4. The first kappa shape index (κ1) is 17.2. The lowest BCUT2D eigenvalue weighted by Gasteiger charge is -2.09. The van der Waals surface area contributed by atoms with Gasteiger partial charge in [-0.3, -0.25) is 10.2 Å². The third-order valence-corrected chi connectivity index (χ3v) is 5.38. The second-order valence-electron chi connectivity index (χ2n) is 5.86. The van der Waals surface area contributed by atoms with Gasteiger partial charge in [0.2, 0.25) is 0 Å². The van der Waals surface area contributed by atoms with Crippen molar-refractivity contribution in [3.63, 3.8) is 0 Å². The Bertz CT molecular complexity index is 1070. The number of furan rings is 1. The van der Waals surface area contributed by atoms with Crippen molar-refractivity contribution in [3.8, 4) is 0 Å². The summed E-state index contributed by atoms with van der Waals surface area (Å²) in [5.74, 6) is -0.579. The molecule has 0 saturated heterocycles. The summed E-state index contributed by atoms with van der Waals surface area (Å²) in [6.45, 7) is 5.47. The van der Waals surface area contributed by atoms with Gasteiger partial charge in [0.05, 0.1) is 4.90 Å². The standard InChI is InChI=1S/C18H18N2O4S/c1-11-8-9-14(10-12(11)2)25(22,23)20-19-18(21)17-13(3)15-6-4-5-7-16(15)24-17/h4-10,20H,1-3H3,(H,19,21). The quantitative estimate of drug-likeness (QED) is 0.702. The maximum absolute atomic E-state index is 12.3. The SMILES string of the molecule is Cc1ccc(S(=O)(=O)NNC(=O)c2oc3ccccc3c2C)cc1C. The van der Waals surface area contributed by atoms with Crippen molar-refractivity contribution in [1.82, 2.24) is 10.3 Å². The first-order chi connectivity index (χ1) is 11.8. The predicted molar refractivity (Wildman–Crippen MR) is 94.7 cm³/mol. The monoisotopic (exact) mass is 358 g/mol. The average molecular weight is 358 g/mol. The molecule has 7 heteroatoms. The van der Waals surface area contributed by atoms with Gasteiger partial charge in [0, 0.05) is 10.9 Å². The zero-order valence-electron chi connectivity index (χ0n) is 14.1. The molecular weight excluding hydrogens is 340 g/mol. The van der Waals surface area contributed by atoms with E-state index in [1.165, 1.54) is 6.07 Å².